The Hall–Kier alpha value is 1.34. The van der Waals surface area contributed by atoms with Crippen LogP contribution in [0.5, 0.6) is 0 Å². The van der Waals surface area contributed by atoms with Crippen LogP contribution < -0.4 is 57.3 Å². The molecule has 0 spiro atoms. The van der Waals surface area contributed by atoms with E-state index in [4.69, 9.17) is 0 Å². The molecule has 2 rings (SSSR count). The Morgan fingerprint density at radius 3 is 1.19 bits per heavy atom. The van der Waals surface area contributed by atoms with E-state index in [1.165, 1.54) is 64.9 Å². The van der Waals surface area contributed by atoms with Gasteiger partial charge in [0.05, 0.1) is 25.5 Å². The number of nitrogens with zero attached hydrogens (tertiary/aromatic N) is 4. The zero-order valence-corrected chi connectivity index (χ0v) is 25.0. The molecule has 27 heavy (non-hydrogen) atoms. The second kappa shape index (κ2) is 16.1. The molecule has 0 aliphatic carbocycles. The van der Waals surface area contributed by atoms with Gasteiger partial charge in [0, 0.05) is 0 Å². The number of halogens is 4. The molecule has 0 aromatic carbocycles. The van der Waals surface area contributed by atoms with Crippen molar-refractivity contribution in [3.05, 3.63) is 31.9 Å². The predicted octanol–water partition coefficient (Wildman–Crippen LogP) is -1.63. The van der Waals surface area contributed by atoms with E-state index in [2.05, 4.69) is 103 Å². The molecule has 0 bridgehead atoms. The maximum atomic E-state index is 2.38. The summed E-state index contributed by atoms with van der Waals surface area (Å²) in [6.07, 6.45) is 21.1. The third-order valence-electron chi connectivity index (χ3n) is 4.75. The summed E-state index contributed by atoms with van der Waals surface area (Å²) in [5.74, 6) is 0. The summed E-state index contributed by atoms with van der Waals surface area (Å²) in [6.45, 7) is 2.30. The standard InChI is InChI=1S/C19H32I2N4.2HI/c1-22-14-18(20)16-24(22)12-10-8-6-4-3-5-7-9-11-13-25-17-19(21)15-23(25)2;;/h14-17H,3-13H2,1-2H3;2*1H/q+2;;/p-2. The Labute approximate surface area is 226 Å². The van der Waals surface area contributed by atoms with Crippen LogP contribution in [0, 0.1) is 7.14 Å². The number of unbranched alkanes of at least 4 members (excludes halogenated alkanes) is 8. The summed E-state index contributed by atoms with van der Waals surface area (Å²) in [7, 11) is 4.25. The first kappa shape index (κ1) is 28.3. The lowest BCUT2D eigenvalue weighted by Crippen LogP contribution is -3.00. The van der Waals surface area contributed by atoms with E-state index in [9.17, 15) is 0 Å². The third-order valence-corrected chi connectivity index (χ3v) is 5.86. The molecule has 0 fully saturated rings. The number of hydrogen-bond acceptors (Lipinski definition) is 0. The number of aryl methyl sites for hydroxylation is 4. The molecule has 0 unspecified atom stereocenters. The van der Waals surface area contributed by atoms with E-state index >= 15 is 0 Å². The Morgan fingerprint density at radius 1 is 0.630 bits per heavy atom. The first-order valence-electron chi connectivity index (χ1n) is 9.49. The molecule has 0 radical (unpaired) electrons. The third kappa shape index (κ3) is 11.3. The summed E-state index contributed by atoms with van der Waals surface area (Å²) in [6, 6.07) is 0. The summed E-state index contributed by atoms with van der Waals surface area (Å²) in [5.41, 5.74) is 0. The van der Waals surface area contributed by atoms with Gasteiger partial charge in [0.2, 0.25) is 12.4 Å². The van der Waals surface area contributed by atoms with E-state index < -0.39 is 0 Å². The first-order chi connectivity index (χ1) is 12.1. The zero-order valence-electron chi connectivity index (χ0n) is 16.4. The van der Waals surface area contributed by atoms with Crippen LogP contribution in [-0.4, -0.2) is 9.36 Å². The quantitative estimate of drug-likeness (QED) is 0.139. The molecular weight excluding hydrogens is 792 g/mol. The van der Waals surface area contributed by atoms with Crippen molar-refractivity contribution in [2.45, 2.75) is 70.9 Å². The second-order valence-corrected chi connectivity index (χ2v) is 9.43. The van der Waals surface area contributed by atoms with Crippen molar-refractivity contribution < 1.29 is 57.3 Å². The molecule has 0 aliphatic rings. The van der Waals surface area contributed by atoms with Crippen molar-refractivity contribution in [3.8, 4) is 0 Å². The first-order valence-corrected chi connectivity index (χ1v) is 11.6. The summed E-state index contributed by atoms with van der Waals surface area (Å²) >= 11 is 4.76. The Balaban J connectivity index is 0.00000338. The van der Waals surface area contributed by atoms with Gasteiger partial charge in [-0.05, 0) is 58.0 Å². The normalized spacial score (nSPS) is 10.5. The van der Waals surface area contributed by atoms with Crippen LogP contribution in [0.15, 0.2) is 24.8 Å². The van der Waals surface area contributed by atoms with Crippen LogP contribution in [0.3, 0.4) is 0 Å². The van der Waals surface area contributed by atoms with E-state index in [0.29, 0.717) is 0 Å². The van der Waals surface area contributed by atoms with E-state index in [1.807, 2.05) is 0 Å². The van der Waals surface area contributed by atoms with Crippen molar-refractivity contribution in [3.63, 3.8) is 0 Å². The van der Waals surface area contributed by atoms with Crippen molar-refractivity contribution in [2.75, 3.05) is 0 Å². The van der Waals surface area contributed by atoms with Crippen LogP contribution in [0.4, 0.5) is 0 Å². The zero-order chi connectivity index (χ0) is 18.1. The monoisotopic (exact) mass is 824 g/mol. The van der Waals surface area contributed by atoms with Crippen molar-refractivity contribution in [1.29, 1.82) is 0 Å². The highest BCUT2D eigenvalue weighted by Gasteiger charge is 2.06. The van der Waals surface area contributed by atoms with Crippen molar-refractivity contribution in [2.24, 2.45) is 14.1 Å². The fourth-order valence-electron chi connectivity index (χ4n) is 3.27. The van der Waals surface area contributed by atoms with Gasteiger partial charge in [-0.25, -0.2) is 0 Å². The molecule has 156 valence electrons. The molecule has 0 saturated carbocycles. The van der Waals surface area contributed by atoms with Crippen LogP contribution in [0.1, 0.15) is 57.8 Å². The Bertz CT molecular complexity index is 585. The van der Waals surface area contributed by atoms with Crippen molar-refractivity contribution >= 4 is 45.2 Å². The van der Waals surface area contributed by atoms with Crippen molar-refractivity contribution in [1.82, 2.24) is 9.36 Å². The highest BCUT2D eigenvalue weighted by molar-refractivity contribution is 14.1. The number of rotatable bonds is 12. The lowest BCUT2D eigenvalue weighted by Gasteiger charge is -2.03. The van der Waals surface area contributed by atoms with Crippen LogP contribution in [-0.2, 0) is 27.2 Å². The highest BCUT2D eigenvalue weighted by Crippen LogP contribution is 2.11. The highest BCUT2D eigenvalue weighted by atomic mass is 127. The molecule has 2 aromatic heterocycles. The lowest BCUT2D eigenvalue weighted by molar-refractivity contribution is -0.754. The van der Waals surface area contributed by atoms with Gasteiger partial charge in [-0.2, -0.15) is 9.36 Å². The number of hydrogen-bond donors (Lipinski definition) is 0. The SMILES string of the molecule is C[n+]1cc(I)cn1CCCCCCCCCCCn1cc(I)c[n+]1C.[I-].[I-]. The molecule has 2 heterocycles. The minimum absolute atomic E-state index is 0. The molecule has 0 saturated heterocycles. The van der Waals surface area contributed by atoms with Gasteiger partial charge < -0.3 is 48.0 Å². The maximum Gasteiger partial charge on any atom is 0.208 e. The smallest absolute Gasteiger partial charge is 0.208 e. The molecule has 4 nitrogen and oxygen atoms in total. The molecule has 0 aliphatic heterocycles. The molecular formula is C19H32I4N4. The second-order valence-electron chi connectivity index (χ2n) is 6.94. The molecule has 0 atom stereocenters. The van der Waals surface area contributed by atoms with Gasteiger partial charge >= 0.3 is 0 Å². The van der Waals surface area contributed by atoms with Crippen LogP contribution in [0.2, 0.25) is 0 Å². The van der Waals surface area contributed by atoms with E-state index in [-0.39, 0.29) is 48.0 Å². The van der Waals surface area contributed by atoms with E-state index in [0.717, 1.165) is 13.1 Å². The van der Waals surface area contributed by atoms with E-state index in [1.54, 1.807) is 0 Å². The van der Waals surface area contributed by atoms with Crippen LogP contribution in [0.25, 0.3) is 0 Å². The topological polar surface area (TPSA) is 17.6 Å². The lowest BCUT2D eigenvalue weighted by atomic mass is 10.1. The van der Waals surface area contributed by atoms with Gasteiger partial charge in [0.1, 0.15) is 7.14 Å². The average molecular weight is 824 g/mol. The Morgan fingerprint density at radius 2 is 0.926 bits per heavy atom. The minimum atomic E-state index is 0. The van der Waals surface area contributed by atoms with Gasteiger partial charge in [-0.1, -0.05) is 44.9 Å². The maximum absolute atomic E-state index is 2.38. The van der Waals surface area contributed by atoms with Gasteiger partial charge in [-0.15, -0.1) is 9.36 Å². The van der Waals surface area contributed by atoms with Gasteiger partial charge in [0.15, 0.2) is 14.1 Å². The molecule has 0 N–H and O–H groups in total. The molecule has 0 amide bonds. The molecule has 8 heteroatoms. The largest absolute Gasteiger partial charge is 1.00 e. The minimum Gasteiger partial charge on any atom is -1.00 e. The summed E-state index contributed by atoms with van der Waals surface area (Å²) in [4.78, 5) is 0. The molecule has 2 aromatic rings. The predicted molar refractivity (Wildman–Crippen MR) is 118 cm³/mol. The number of aromatic nitrogens is 4. The fraction of sp³-hybridized carbons (Fsp3) is 0.684. The fourth-order valence-corrected chi connectivity index (χ4v) is 4.72. The average Bonchev–Trinajstić information content (AvgIpc) is 3.05. The summed E-state index contributed by atoms with van der Waals surface area (Å²) in [5, 5.41) is 0. The summed E-state index contributed by atoms with van der Waals surface area (Å²) < 4.78 is 11.6. The Kier molecular flexibility index (Phi) is 16.9. The van der Waals surface area contributed by atoms with Crippen LogP contribution >= 0.6 is 45.2 Å². The van der Waals surface area contributed by atoms with Gasteiger partial charge in [0.25, 0.3) is 0 Å². The van der Waals surface area contributed by atoms with Gasteiger partial charge in [-0.3, -0.25) is 0 Å².